The van der Waals surface area contributed by atoms with E-state index in [1.54, 1.807) is 0 Å². The molecule has 0 spiro atoms. The predicted molar refractivity (Wildman–Crippen MR) is 166 cm³/mol. The van der Waals surface area contributed by atoms with E-state index >= 15 is 0 Å². The van der Waals surface area contributed by atoms with Gasteiger partial charge in [0.1, 0.15) is 29.9 Å². The molecule has 240 valence electrons. The standard InChI is InChI=1S/C33H53F2N7O/c1-4-5-6-7-8-9-10-11-12-13-14-15-16-17-20-41-23-30(38-39-41)22-40(28(2)3)24-33(43,25-42-27-36-26-37-42)31-19-18-29(34)21-32(31)35/h18-19,21,23,26-28,43H,4-17,20,22,24-25H2,1-3H3. The van der Waals surface area contributed by atoms with Crippen molar-refractivity contribution in [3.63, 3.8) is 0 Å². The zero-order chi connectivity index (χ0) is 30.9. The molecule has 0 aliphatic rings. The highest BCUT2D eigenvalue weighted by Crippen LogP contribution is 2.29. The summed E-state index contributed by atoms with van der Waals surface area (Å²) < 4.78 is 31.9. The van der Waals surface area contributed by atoms with Crippen molar-refractivity contribution in [2.75, 3.05) is 6.54 Å². The van der Waals surface area contributed by atoms with Crippen molar-refractivity contribution in [1.29, 1.82) is 0 Å². The summed E-state index contributed by atoms with van der Waals surface area (Å²) in [6.07, 6.45) is 23.3. The van der Waals surface area contributed by atoms with Gasteiger partial charge in [-0.3, -0.25) is 9.58 Å². The lowest BCUT2D eigenvalue weighted by Crippen LogP contribution is -2.46. The maximum atomic E-state index is 14.9. The normalized spacial score (nSPS) is 13.3. The van der Waals surface area contributed by atoms with Gasteiger partial charge in [-0.05, 0) is 26.3 Å². The number of hydrogen-bond donors (Lipinski definition) is 1. The predicted octanol–water partition coefficient (Wildman–Crippen LogP) is 7.43. The molecule has 8 nitrogen and oxygen atoms in total. The average Bonchev–Trinajstić information content (AvgIpc) is 3.64. The molecule has 2 aromatic heterocycles. The Hall–Kier alpha value is -2.72. The van der Waals surface area contributed by atoms with E-state index in [1.165, 1.54) is 107 Å². The van der Waals surface area contributed by atoms with Crippen molar-refractivity contribution in [1.82, 2.24) is 34.7 Å². The SMILES string of the molecule is CCCCCCCCCCCCCCCCn1cc(CN(CC(O)(Cn2cncn2)c2ccc(F)cc2F)C(C)C)nn1. The van der Waals surface area contributed by atoms with Crippen molar-refractivity contribution in [2.45, 2.75) is 142 Å². The van der Waals surface area contributed by atoms with Crippen LogP contribution in [-0.4, -0.2) is 52.4 Å². The first-order chi connectivity index (χ1) is 20.8. The summed E-state index contributed by atoms with van der Waals surface area (Å²) in [5, 5.41) is 24.6. The molecule has 0 bridgehead atoms. The molecule has 0 amide bonds. The Labute approximate surface area is 256 Å². The maximum Gasteiger partial charge on any atom is 0.137 e. The molecule has 1 unspecified atom stereocenters. The Morgan fingerprint density at radius 1 is 0.884 bits per heavy atom. The van der Waals surface area contributed by atoms with Crippen LogP contribution in [0.15, 0.2) is 37.1 Å². The summed E-state index contributed by atoms with van der Waals surface area (Å²) in [4.78, 5) is 5.96. The molecule has 1 atom stereocenters. The fraction of sp³-hybridized carbons (Fsp3) is 0.697. The Bertz CT molecular complexity index is 1150. The van der Waals surface area contributed by atoms with Crippen LogP contribution in [0, 0.1) is 11.6 Å². The molecule has 0 saturated carbocycles. The quantitative estimate of drug-likeness (QED) is 0.114. The van der Waals surface area contributed by atoms with Crippen molar-refractivity contribution in [2.24, 2.45) is 0 Å². The van der Waals surface area contributed by atoms with Gasteiger partial charge in [0.25, 0.3) is 0 Å². The van der Waals surface area contributed by atoms with Crippen LogP contribution in [0.25, 0.3) is 0 Å². The van der Waals surface area contributed by atoms with Gasteiger partial charge < -0.3 is 5.11 Å². The van der Waals surface area contributed by atoms with Crippen LogP contribution in [0.3, 0.4) is 0 Å². The van der Waals surface area contributed by atoms with Gasteiger partial charge in [0.15, 0.2) is 0 Å². The average molecular weight is 602 g/mol. The number of halogens is 2. The minimum atomic E-state index is -1.68. The maximum absolute atomic E-state index is 14.9. The molecular formula is C33H53F2N7O. The van der Waals surface area contributed by atoms with Crippen LogP contribution in [-0.2, 0) is 25.2 Å². The molecule has 0 aliphatic heterocycles. The van der Waals surface area contributed by atoms with E-state index in [0.29, 0.717) is 6.54 Å². The van der Waals surface area contributed by atoms with Gasteiger partial charge >= 0.3 is 0 Å². The van der Waals surface area contributed by atoms with Crippen LogP contribution >= 0.6 is 0 Å². The van der Waals surface area contributed by atoms with Crippen molar-refractivity contribution in [3.8, 4) is 0 Å². The van der Waals surface area contributed by atoms with E-state index in [4.69, 9.17) is 0 Å². The monoisotopic (exact) mass is 601 g/mol. The van der Waals surface area contributed by atoms with E-state index in [2.05, 4.69) is 27.3 Å². The number of aromatic nitrogens is 6. The molecule has 0 saturated heterocycles. The van der Waals surface area contributed by atoms with Crippen LogP contribution < -0.4 is 0 Å². The molecule has 1 N–H and O–H groups in total. The van der Waals surface area contributed by atoms with E-state index in [9.17, 15) is 13.9 Å². The summed E-state index contributed by atoms with van der Waals surface area (Å²) in [6.45, 7) is 7.59. The Balaban J connectivity index is 1.42. The van der Waals surface area contributed by atoms with Crippen LogP contribution in [0.2, 0.25) is 0 Å². The molecular weight excluding hydrogens is 548 g/mol. The van der Waals surface area contributed by atoms with Gasteiger partial charge in [0, 0.05) is 43.5 Å². The summed E-state index contributed by atoms with van der Waals surface area (Å²) >= 11 is 0. The second kappa shape index (κ2) is 18.8. The van der Waals surface area contributed by atoms with E-state index in [1.807, 2.05) is 29.6 Å². The van der Waals surface area contributed by atoms with E-state index in [-0.39, 0.29) is 24.7 Å². The first-order valence-electron chi connectivity index (χ1n) is 16.4. The molecule has 3 rings (SSSR count). The number of aliphatic hydroxyl groups is 1. The number of nitrogens with zero attached hydrogens (tertiary/aromatic N) is 7. The highest BCUT2D eigenvalue weighted by Gasteiger charge is 2.36. The fourth-order valence-electron chi connectivity index (χ4n) is 5.62. The molecule has 0 fully saturated rings. The lowest BCUT2D eigenvalue weighted by Gasteiger charge is -2.36. The third kappa shape index (κ3) is 12.4. The molecule has 10 heteroatoms. The van der Waals surface area contributed by atoms with Gasteiger partial charge in [0.05, 0.1) is 12.2 Å². The van der Waals surface area contributed by atoms with Crippen molar-refractivity contribution >= 4 is 0 Å². The van der Waals surface area contributed by atoms with E-state index < -0.39 is 17.2 Å². The third-order valence-corrected chi connectivity index (χ3v) is 8.21. The van der Waals surface area contributed by atoms with Gasteiger partial charge in [0.2, 0.25) is 0 Å². The molecule has 2 heterocycles. The molecule has 0 radical (unpaired) electrons. The van der Waals surface area contributed by atoms with Crippen LogP contribution in [0.4, 0.5) is 8.78 Å². The number of benzene rings is 1. The van der Waals surface area contributed by atoms with Gasteiger partial charge in [-0.1, -0.05) is 102 Å². The zero-order valence-electron chi connectivity index (χ0n) is 26.6. The summed E-state index contributed by atoms with van der Waals surface area (Å²) in [6, 6.07) is 3.27. The zero-order valence-corrected chi connectivity index (χ0v) is 26.6. The number of hydrogen-bond acceptors (Lipinski definition) is 6. The minimum Gasteiger partial charge on any atom is -0.382 e. The van der Waals surface area contributed by atoms with Crippen LogP contribution in [0.1, 0.15) is 122 Å². The molecule has 43 heavy (non-hydrogen) atoms. The number of unbranched alkanes of at least 4 members (excludes halogenated alkanes) is 13. The first kappa shape index (κ1) is 34.8. The topological polar surface area (TPSA) is 84.9 Å². The highest BCUT2D eigenvalue weighted by molar-refractivity contribution is 5.26. The molecule has 0 aliphatic carbocycles. The second-order valence-electron chi connectivity index (χ2n) is 12.3. The largest absolute Gasteiger partial charge is 0.382 e. The lowest BCUT2D eigenvalue weighted by atomic mass is 9.91. The summed E-state index contributed by atoms with van der Waals surface area (Å²) in [5.41, 5.74) is -0.891. The van der Waals surface area contributed by atoms with Crippen molar-refractivity contribution < 1.29 is 13.9 Å². The summed E-state index contributed by atoms with van der Waals surface area (Å²) in [7, 11) is 0. The summed E-state index contributed by atoms with van der Waals surface area (Å²) in [5.74, 6) is -1.49. The Morgan fingerprint density at radius 3 is 2.07 bits per heavy atom. The van der Waals surface area contributed by atoms with Gasteiger partial charge in [-0.15, -0.1) is 5.10 Å². The first-order valence-corrected chi connectivity index (χ1v) is 16.4. The van der Waals surface area contributed by atoms with Crippen molar-refractivity contribution in [3.05, 3.63) is 59.9 Å². The Kier molecular flexibility index (Phi) is 15.2. The Morgan fingerprint density at radius 2 is 1.51 bits per heavy atom. The second-order valence-corrected chi connectivity index (χ2v) is 12.3. The van der Waals surface area contributed by atoms with Crippen LogP contribution in [0.5, 0.6) is 0 Å². The number of aryl methyl sites for hydroxylation is 1. The highest BCUT2D eigenvalue weighted by atomic mass is 19.1. The fourth-order valence-corrected chi connectivity index (χ4v) is 5.62. The number of rotatable bonds is 23. The third-order valence-electron chi connectivity index (χ3n) is 8.21. The van der Waals surface area contributed by atoms with E-state index in [0.717, 1.165) is 30.8 Å². The van der Waals surface area contributed by atoms with Gasteiger partial charge in [-0.25, -0.2) is 18.4 Å². The minimum absolute atomic E-state index is 0.0107. The molecule has 3 aromatic rings. The lowest BCUT2D eigenvalue weighted by molar-refractivity contribution is -0.0315. The molecule has 1 aromatic carbocycles. The van der Waals surface area contributed by atoms with Gasteiger partial charge in [-0.2, -0.15) is 5.10 Å². The smallest absolute Gasteiger partial charge is 0.137 e.